The summed E-state index contributed by atoms with van der Waals surface area (Å²) >= 11 is 0. The van der Waals surface area contributed by atoms with E-state index in [1.165, 1.54) is 0 Å². The molecule has 2 radical (unpaired) electrons. The maximum Gasteiger partial charge on any atom is 0.174 e. The van der Waals surface area contributed by atoms with Crippen LogP contribution in [0.15, 0.2) is 18.2 Å². The molecule has 1 N–H and O–H groups in total. The maximum atomic E-state index is 3.92. The van der Waals surface area contributed by atoms with Gasteiger partial charge in [-0.3, -0.25) is 0 Å². The van der Waals surface area contributed by atoms with Gasteiger partial charge in [0.2, 0.25) is 0 Å². The Kier molecular flexibility index (Phi) is 0.803. The molecule has 0 aliphatic heterocycles. The normalized spacial score (nSPS) is 10.2. The Labute approximate surface area is 52.5 Å². The van der Waals surface area contributed by atoms with Gasteiger partial charge in [-0.15, -0.1) is 0 Å². The second-order valence-corrected chi connectivity index (χ2v) is 1.79. The van der Waals surface area contributed by atoms with Gasteiger partial charge in [0.1, 0.15) is 0 Å². The van der Waals surface area contributed by atoms with Crippen LogP contribution < -0.4 is 0 Å². The van der Waals surface area contributed by atoms with Crippen LogP contribution in [-0.2, 0) is 0 Å². The number of benzene rings is 1. The zero-order valence-corrected chi connectivity index (χ0v) is 4.68. The predicted molar refractivity (Wildman–Crippen MR) is 33.8 cm³/mol. The third-order valence-corrected chi connectivity index (χ3v) is 1.21. The molecule has 0 atom stereocenters. The van der Waals surface area contributed by atoms with Gasteiger partial charge in [-0.25, -0.2) is 4.98 Å². The molecule has 0 aliphatic carbocycles. The van der Waals surface area contributed by atoms with Crippen LogP contribution in [0.3, 0.4) is 0 Å². The van der Waals surface area contributed by atoms with Crippen molar-refractivity contribution in [2.45, 2.75) is 0 Å². The molecular weight excluding hydrogens is 112 g/mol. The molecule has 2 nitrogen and oxygen atoms in total. The van der Waals surface area contributed by atoms with E-state index < -0.39 is 0 Å². The SMILES string of the molecule is [c]1ccc2n[c][nH]c2c1. The summed E-state index contributed by atoms with van der Waals surface area (Å²) in [6.45, 7) is 0. The lowest BCUT2D eigenvalue weighted by Crippen LogP contribution is -1.64. The zero-order chi connectivity index (χ0) is 6.10. The first-order valence-corrected chi connectivity index (χ1v) is 2.69. The van der Waals surface area contributed by atoms with E-state index in [9.17, 15) is 0 Å². The van der Waals surface area contributed by atoms with Gasteiger partial charge in [0.15, 0.2) is 6.33 Å². The highest BCUT2D eigenvalue weighted by Gasteiger charge is 1.89. The average Bonchev–Trinajstić information content (AvgIpc) is 2.33. The molecule has 1 aromatic heterocycles. The van der Waals surface area contributed by atoms with Crippen LogP contribution in [0, 0.1) is 12.4 Å². The Hall–Kier alpha value is -1.31. The van der Waals surface area contributed by atoms with E-state index >= 15 is 0 Å². The third-order valence-electron chi connectivity index (χ3n) is 1.21. The fraction of sp³-hybridized carbons (Fsp3) is 0. The van der Waals surface area contributed by atoms with Gasteiger partial charge >= 0.3 is 0 Å². The highest BCUT2D eigenvalue weighted by molar-refractivity contribution is 5.73. The van der Waals surface area contributed by atoms with E-state index in [2.05, 4.69) is 22.4 Å². The first kappa shape index (κ1) is 4.56. The Morgan fingerprint density at radius 3 is 3.44 bits per heavy atom. The van der Waals surface area contributed by atoms with Crippen molar-refractivity contribution in [2.75, 3.05) is 0 Å². The summed E-state index contributed by atoms with van der Waals surface area (Å²) in [5, 5.41) is 0. The molecule has 0 amide bonds. The first-order valence-electron chi connectivity index (χ1n) is 2.69. The molecule has 0 fully saturated rings. The number of rotatable bonds is 0. The minimum absolute atomic E-state index is 0.939. The van der Waals surface area contributed by atoms with Gasteiger partial charge in [-0.2, -0.15) is 0 Å². The number of fused-ring (bicyclic) bond motifs is 1. The van der Waals surface area contributed by atoms with Crippen LogP contribution in [0.25, 0.3) is 11.0 Å². The molecule has 1 heterocycles. The van der Waals surface area contributed by atoms with Crippen molar-refractivity contribution in [3.63, 3.8) is 0 Å². The predicted octanol–water partition coefficient (Wildman–Crippen LogP) is 1.16. The molecule has 0 unspecified atom stereocenters. The summed E-state index contributed by atoms with van der Waals surface area (Å²) in [4.78, 5) is 6.77. The van der Waals surface area contributed by atoms with Crippen molar-refractivity contribution in [1.82, 2.24) is 9.97 Å². The number of aromatic amines is 1. The summed E-state index contributed by atoms with van der Waals surface area (Å²) in [5.41, 5.74) is 1.92. The molecule has 2 rings (SSSR count). The fourth-order valence-corrected chi connectivity index (χ4v) is 0.768. The summed E-state index contributed by atoms with van der Waals surface area (Å²) in [5.74, 6) is 0. The number of aromatic nitrogens is 2. The first-order chi connectivity index (χ1) is 4.47. The van der Waals surface area contributed by atoms with E-state index in [0.717, 1.165) is 11.0 Å². The van der Waals surface area contributed by atoms with Gasteiger partial charge in [0.05, 0.1) is 11.0 Å². The van der Waals surface area contributed by atoms with Gasteiger partial charge in [0.25, 0.3) is 0 Å². The molecular formula is C7H4N2. The van der Waals surface area contributed by atoms with Gasteiger partial charge in [0, 0.05) is 0 Å². The monoisotopic (exact) mass is 116 g/mol. The molecule has 2 aromatic rings. The largest absolute Gasteiger partial charge is 0.335 e. The number of H-pyrrole nitrogens is 1. The molecule has 0 spiro atoms. The number of nitrogens with one attached hydrogen (secondary N) is 1. The topological polar surface area (TPSA) is 28.7 Å². The fourth-order valence-electron chi connectivity index (χ4n) is 0.768. The van der Waals surface area contributed by atoms with E-state index in [1.807, 2.05) is 18.2 Å². The second-order valence-electron chi connectivity index (χ2n) is 1.79. The molecule has 0 aliphatic rings. The maximum absolute atomic E-state index is 3.92. The summed E-state index contributed by atoms with van der Waals surface area (Å²) in [6, 6.07) is 8.50. The lowest BCUT2D eigenvalue weighted by atomic mass is 10.3. The molecule has 1 aromatic carbocycles. The van der Waals surface area contributed by atoms with Crippen molar-refractivity contribution >= 4 is 11.0 Å². The second kappa shape index (κ2) is 1.58. The highest BCUT2D eigenvalue weighted by atomic mass is 14.9. The lowest BCUT2D eigenvalue weighted by Gasteiger charge is -1.80. The zero-order valence-electron chi connectivity index (χ0n) is 4.68. The summed E-state index contributed by atoms with van der Waals surface area (Å²) in [7, 11) is 0. The summed E-state index contributed by atoms with van der Waals surface area (Å²) in [6.07, 6.45) is 2.64. The average molecular weight is 116 g/mol. The summed E-state index contributed by atoms with van der Waals surface area (Å²) < 4.78 is 0. The minimum Gasteiger partial charge on any atom is -0.335 e. The van der Waals surface area contributed by atoms with E-state index in [0.29, 0.717) is 0 Å². The Morgan fingerprint density at radius 2 is 2.56 bits per heavy atom. The van der Waals surface area contributed by atoms with Crippen LogP contribution in [0.5, 0.6) is 0 Å². The van der Waals surface area contributed by atoms with Gasteiger partial charge < -0.3 is 4.98 Å². The standard InChI is InChI=1S/C7H4N2/c1-2-4-7-6(3-1)8-5-9-7/h1,3-4H,(H,8,9). The third kappa shape index (κ3) is 0.598. The van der Waals surface area contributed by atoms with Crippen LogP contribution in [0.4, 0.5) is 0 Å². The lowest BCUT2D eigenvalue weighted by molar-refractivity contribution is 1.32. The quantitative estimate of drug-likeness (QED) is 0.549. The van der Waals surface area contributed by atoms with Crippen molar-refractivity contribution in [2.24, 2.45) is 0 Å². The van der Waals surface area contributed by atoms with Crippen LogP contribution in [0.2, 0.25) is 0 Å². The van der Waals surface area contributed by atoms with Crippen molar-refractivity contribution < 1.29 is 0 Å². The molecule has 0 saturated carbocycles. The van der Waals surface area contributed by atoms with Crippen molar-refractivity contribution in [3.8, 4) is 0 Å². The Morgan fingerprint density at radius 1 is 1.56 bits per heavy atom. The van der Waals surface area contributed by atoms with Gasteiger partial charge in [-0.1, -0.05) is 6.07 Å². The Balaban J connectivity index is 2.95. The highest BCUT2D eigenvalue weighted by Crippen LogP contribution is 2.04. The molecule has 9 heavy (non-hydrogen) atoms. The van der Waals surface area contributed by atoms with E-state index in [4.69, 9.17) is 0 Å². The molecule has 0 saturated heterocycles. The molecule has 0 bridgehead atoms. The Bertz CT molecular complexity index is 281. The minimum atomic E-state index is 0.939. The molecule has 2 heteroatoms. The van der Waals surface area contributed by atoms with E-state index in [-0.39, 0.29) is 0 Å². The van der Waals surface area contributed by atoms with Crippen LogP contribution in [-0.4, -0.2) is 9.97 Å². The van der Waals surface area contributed by atoms with Crippen molar-refractivity contribution in [1.29, 1.82) is 0 Å². The smallest absolute Gasteiger partial charge is 0.174 e. The van der Waals surface area contributed by atoms with Crippen LogP contribution in [0.1, 0.15) is 0 Å². The number of nitrogens with zero attached hydrogens (tertiary/aromatic N) is 1. The number of hydrogen-bond donors (Lipinski definition) is 1. The number of hydrogen-bond acceptors (Lipinski definition) is 1. The number of imidazole rings is 1. The van der Waals surface area contributed by atoms with Crippen molar-refractivity contribution in [3.05, 3.63) is 30.6 Å². The van der Waals surface area contributed by atoms with Gasteiger partial charge in [-0.05, 0) is 18.2 Å². The molecule has 42 valence electrons. The van der Waals surface area contributed by atoms with E-state index in [1.54, 1.807) is 0 Å². The van der Waals surface area contributed by atoms with Crippen LogP contribution >= 0.6 is 0 Å².